The summed E-state index contributed by atoms with van der Waals surface area (Å²) in [6.45, 7) is 6.62. The third-order valence-corrected chi connectivity index (χ3v) is 25.1. The Morgan fingerprint density at radius 3 is 1.62 bits per heavy atom. The SMILES string of the molecule is CCCCC1C(=O)N(C)C(CCCC)C(=O)NC(CCCN)C(=O)NC(C(=O)NCC(N)=O)CSCC(=O)NC(Cc2ccc(O)cc2)C(=O)N2CCCC2C(=O)NC(CC(=O)O)C(=O)N2CCCC2C(=O)NC(CN)C(=O)NC(CC(C)C)C(=O)N2CCCC2C(=O)NC(Cc2c[nH]c3cccc(C)c23)C(=O)NC(CO)C(=O)NC(Cc2c[nH]c3ccccc23)C(=O)N1C. The number of phenolic OH excluding ortho intramolecular Hbond substituents is 1. The van der Waals surface area contributed by atoms with E-state index in [-0.39, 0.29) is 128 Å². The van der Waals surface area contributed by atoms with Gasteiger partial charge in [0.15, 0.2) is 0 Å². The molecule has 40 nitrogen and oxygen atoms in total. The van der Waals surface area contributed by atoms with Crippen LogP contribution >= 0.6 is 11.8 Å². The molecule has 2 aromatic heterocycles. The lowest BCUT2D eigenvalue weighted by molar-refractivity contribution is -0.149. The maximum atomic E-state index is 15.7. The van der Waals surface area contributed by atoms with Crippen molar-refractivity contribution in [1.29, 1.82) is 0 Å². The Hall–Kier alpha value is -12.2. The normalized spacial score (nSPS) is 25.2. The number of thioether (sulfide) groups is 1. The first-order valence-electron chi connectivity index (χ1n) is 44.5. The highest BCUT2D eigenvalue weighted by Gasteiger charge is 2.47. The number of aliphatic hydroxyl groups is 1. The molecule has 4 saturated heterocycles. The number of nitrogens with two attached hydrogens (primary N) is 3. The fraction of sp³-hybridized carbons (Fsp3) is 0.562. The number of rotatable bonds is 24. The van der Waals surface area contributed by atoms with Gasteiger partial charge in [0.1, 0.15) is 90.3 Å². The molecule has 9 rings (SSSR count). The van der Waals surface area contributed by atoms with E-state index in [4.69, 9.17) is 17.2 Å². The Balaban J connectivity index is 1.08. The monoisotopic (exact) mass is 1830 g/mol. The van der Waals surface area contributed by atoms with Crippen LogP contribution in [-0.2, 0) is 101 Å². The number of para-hydroxylation sites is 1. The average Bonchev–Trinajstić information content (AvgIpc) is 1.59. The van der Waals surface area contributed by atoms with Crippen molar-refractivity contribution >= 4 is 134 Å². The molecule has 0 spiro atoms. The minimum Gasteiger partial charge on any atom is -0.508 e. The number of carbonyl (C=O) groups is 17. The van der Waals surface area contributed by atoms with Crippen molar-refractivity contribution < 1.29 is 96.8 Å². The first-order valence-corrected chi connectivity index (χ1v) is 45.7. The molecule has 14 atom stereocenters. The first kappa shape index (κ1) is 102. The third-order valence-electron chi connectivity index (χ3n) is 24.1. The summed E-state index contributed by atoms with van der Waals surface area (Å²) in [5.74, 6) is -17.1. The summed E-state index contributed by atoms with van der Waals surface area (Å²) in [5.41, 5.74) is 21.3. The number of likely N-dealkylation sites (N-methyl/N-ethyl adjacent to an activating group) is 2. The molecule has 14 unspecified atom stereocenters. The molecule has 4 aliphatic rings. The molecule has 4 fully saturated rings. The summed E-state index contributed by atoms with van der Waals surface area (Å²) in [6, 6.07) is -2.64. The van der Waals surface area contributed by atoms with E-state index in [2.05, 4.69) is 63.1 Å². The van der Waals surface area contributed by atoms with Crippen LogP contribution in [0.2, 0.25) is 0 Å². The molecule has 130 heavy (non-hydrogen) atoms. The van der Waals surface area contributed by atoms with E-state index in [9.17, 15) is 58.5 Å². The molecule has 4 aliphatic heterocycles. The van der Waals surface area contributed by atoms with Crippen molar-refractivity contribution in [1.82, 2.24) is 87.6 Å². The van der Waals surface area contributed by atoms with E-state index in [0.717, 1.165) is 27.1 Å². The minimum absolute atomic E-state index is 0.00220. The Morgan fingerprint density at radius 2 is 1.02 bits per heavy atom. The van der Waals surface area contributed by atoms with Gasteiger partial charge >= 0.3 is 5.97 Å². The Kier molecular flexibility index (Phi) is 37.8. The molecular formula is C89H126N20O20S. The van der Waals surface area contributed by atoms with Crippen molar-refractivity contribution in [3.63, 3.8) is 0 Å². The zero-order valence-corrected chi connectivity index (χ0v) is 75.4. The number of carbonyl (C=O) groups excluding carboxylic acids is 16. The molecule has 0 aliphatic carbocycles. The van der Waals surface area contributed by atoms with E-state index in [1.54, 1.807) is 50.5 Å². The number of nitrogens with zero attached hydrogens (tertiary/aromatic N) is 5. The molecular weight excluding hydrogens is 1700 g/mol. The lowest BCUT2D eigenvalue weighted by Crippen LogP contribution is -2.62. The van der Waals surface area contributed by atoms with E-state index < -0.39 is 223 Å². The van der Waals surface area contributed by atoms with Crippen LogP contribution in [0, 0.1) is 12.8 Å². The van der Waals surface area contributed by atoms with Crippen LogP contribution in [0.5, 0.6) is 5.75 Å². The highest BCUT2D eigenvalue weighted by molar-refractivity contribution is 8.00. The zero-order chi connectivity index (χ0) is 94.7. The number of unbranched alkanes of at least 4 members (excludes halogenated alkanes) is 2. The molecule has 21 N–H and O–H groups in total. The van der Waals surface area contributed by atoms with Crippen LogP contribution in [0.25, 0.3) is 21.8 Å². The standard InChI is InChI=1S/C89H126N20O20S/c1-8-10-24-67-81(121)97-58(23-15-33-90)77(117)104-66(76(116)95-45-72(92)112)47-130-48-73(113)96-61(38-51-29-31-54(111)32-30-51)87(127)108-35-17-27-69(108)83(123)101-63(41-74(114)115)88(128)109-36-18-28-70(109)84(124)102-64(42-91)79(119)99-60(37-49(3)4)86(126)107-34-16-26-68(107)82(122)98-59(40-53-44-94-57-22-14-19-50(5)75(53)57)78(118)103-65(46-110)80(120)100-62(39-52-43-93-56-21-13-12-20-55(52)56)85(125)106(7)71(25-11-9-2)89(129)105(67)6/h12-14,19-22,29-32,43-44,49,58-71,93-94,110-111H,8-11,15-18,23-28,33-42,45-48,90-91H2,1-7H3,(H2,92,112)(H,95,116)(H,96,113)(H,97,121)(H,98,122)(H,99,119)(H,100,120)(H,101,123)(H,102,124)(H,103,118)(H,104,117)(H,114,115). The summed E-state index contributed by atoms with van der Waals surface area (Å²) in [6.07, 6.45) is 4.11. The van der Waals surface area contributed by atoms with Crippen LogP contribution in [0.4, 0.5) is 0 Å². The number of H-pyrrole nitrogens is 2. The molecule has 708 valence electrons. The molecule has 6 heterocycles. The van der Waals surface area contributed by atoms with E-state index in [0.29, 0.717) is 64.2 Å². The van der Waals surface area contributed by atoms with Gasteiger partial charge in [-0.05, 0) is 137 Å². The third kappa shape index (κ3) is 27.0. The van der Waals surface area contributed by atoms with Crippen LogP contribution < -0.4 is 70.4 Å². The highest BCUT2D eigenvalue weighted by atomic mass is 32.2. The van der Waals surface area contributed by atoms with Crippen LogP contribution in [0.15, 0.2) is 79.1 Å². The number of primary amides is 1. The van der Waals surface area contributed by atoms with E-state index in [1.165, 1.54) is 53.1 Å². The van der Waals surface area contributed by atoms with Crippen molar-refractivity contribution in [2.24, 2.45) is 23.1 Å². The van der Waals surface area contributed by atoms with Gasteiger partial charge in [-0.2, -0.15) is 0 Å². The number of carboxylic acids is 1. The summed E-state index contributed by atoms with van der Waals surface area (Å²) >= 11 is 0.794. The summed E-state index contributed by atoms with van der Waals surface area (Å²) < 4.78 is 0. The van der Waals surface area contributed by atoms with Crippen LogP contribution in [0.3, 0.4) is 0 Å². The quantitative estimate of drug-likeness (QED) is 0.0339. The molecule has 16 amide bonds. The molecule has 41 heteroatoms. The highest BCUT2D eigenvalue weighted by Crippen LogP contribution is 2.29. The number of benzene rings is 3. The number of aliphatic hydroxyl groups excluding tert-OH is 1. The molecule has 0 radical (unpaired) electrons. The second-order valence-corrected chi connectivity index (χ2v) is 35.1. The van der Waals surface area contributed by atoms with E-state index in [1.807, 2.05) is 39.0 Å². The van der Waals surface area contributed by atoms with Gasteiger partial charge in [-0.15, -0.1) is 11.8 Å². The van der Waals surface area contributed by atoms with Gasteiger partial charge in [0.2, 0.25) is 94.5 Å². The number of aryl methyl sites for hydroxylation is 1. The first-order chi connectivity index (χ1) is 62.1. The largest absolute Gasteiger partial charge is 0.508 e. The number of aliphatic carboxylic acids is 1. The summed E-state index contributed by atoms with van der Waals surface area (Å²) in [5, 5.41) is 59.6. The minimum atomic E-state index is -1.84. The summed E-state index contributed by atoms with van der Waals surface area (Å²) in [4.78, 5) is 261. The number of amides is 16. The topological polar surface area (TPSA) is 597 Å². The Labute approximate surface area is 757 Å². The van der Waals surface area contributed by atoms with Crippen LogP contribution in [-0.4, -0.2) is 306 Å². The average molecular weight is 1830 g/mol. The maximum absolute atomic E-state index is 15.7. The Morgan fingerprint density at radius 1 is 0.523 bits per heavy atom. The molecule has 5 aromatic rings. The predicted octanol–water partition coefficient (Wildman–Crippen LogP) is -1.38. The van der Waals surface area contributed by atoms with Gasteiger partial charge in [0.25, 0.3) is 0 Å². The van der Waals surface area contributed by atoms with Gasteiger partial charge in [-0.1, -0.05) is 95.8 Å². The lowest BCUT2D eigenvalue weighted by Gasteiger charge is -2.36. The predicted molar refractivity (Wildman–Crippen MR) is 480 cm³/mol. The van der Waals surface area contributed by atoms with Gasteiger partial charge in [0, 0.05) is 99.5 Å². The van der Waals surface area contributed by atoms with Crippen LogP contribution in [0.1, 0.15) is 153 Å². The number of hydrogen-bond donors (Lipinski definition) is 18. The number of aromatic amines is 2. The second-order valence-electron chi connectivity index (χ2n) is 34.1. The molecule has 3 aromatic carbocycles. The maximum Gasteiger partial charge on any atom is 0.305 e. The second kappa shape index (κ2) is 48.4. The zero-order valence-electron chi connectivity index (χ0n) is 74.6. The van der Waals surface area contributed by atoms with Gasteiger partial charge in [-0.25, -0.2) is 0 Å². The lowest BCUT2D eigenvalue weighted by atomic mass is 9.99. The fourth-order valence-electron chi connectivity index (χ4n) is 17.1. The number of carboxylic acid groups (broad SMARTS) is 1. The number of phenols is 1. The number of nitrogens with one attached hydrogen (secondary N) is 12. The number of fused-ring (bicyclic) bond motifs is 5. The Bertz CT molecular complexity index is 4890. The van der Waals surface area contributed by atoms with Crippen molar-refractivity contribution in [3.8, 4) is 5.75 Å². The molecule has 0 bridgehead atoms. The van der Waals surface area contributed by atoms with Gasteiger partial charge in [0.05, 0.1) is 25.3 Å². The van der Waals surface area contributed by atoms with Gasteiger partial charge < -0.3 is 120 Å². The number of aromatic nitrogens is 2. The smallest absolute Gasteiger partial charge is 0.305 e. The summed E-state index contributed by atoms with van der Waals surface area (Å²) in [7, 11) is 2.74. The van der Waals surface area contributed by atoms with E-state index >= 15 is 38.4 Å². The van der Waals surface area contributed by atoms with Gasteiger partial charge in [-0.3, -0.25) is 81.5 Å². The van der Waals surface area contributed by atoms with Crippen molar-refractivity contribution in [2.45, 2.75) is 241 Å². The molecule has 0 saturated carbocycles. The number of aromatic hydroxyl groups is 1. The fourth-order valence-corrected chi connectivity index (χ4v) is 18.0. The van der Waals surface area contributed by atoms with Crippen molar-refractivity contribution in [3.05, 3.63) is 101 Å². The van der Waals surface area contributed by atoms with Crippen molar-refractivity contribution in [2.75, 3.05) is 71.5 Å². The number of hydrogen-bond acceptors (Lipinski definition) is 22.